The number of benzene rings is 1. The van der Waals surface area contributed by atoms with Crippen LogP contribution in [0.3, 0.4) is 0 Å². The smallest absolute Gasteiger partial charge is 0.263 e. The van der Waals surface area contributed by atoms with E-state index in [0.717, 1.165) is 28.7 Å². The summed E-state index contributed by atoms with van der Waals surface area (Å²) in [6.45, 7) is 0. The maximum absolute atomic E-state index is 12.6. The molecule has 1 heterocycles. The Morgan fingerprint density at radius 1 is 1.27 bits per heavy atom. The van der Waals surface area contributed by atoms with Crippen molar-refractivity contribution in [2.75, 3.05) is 7.11 Å². The molecule has 0 aliphatic heterocycles. The van der Waals surface area contributed by atoms with Crippen LogP contribution in [0.15, 0.2) is 18.2 Å². The van der Waals surface area contributed by atoms with Gasteiger partial charge in [0.15, 0.2) is 0 Å². The van der Waals surface area contributed by atoms with Gasteiger partial charge in [0.25, 0.3) is 5.91 Å². The number of rotatable bonds is 3. The zero-order chi connectivity index (χ0) is 15.5. The van der Waals surface area contributed by atoms with Crippen molar-refractivity contribution in [1.29, 1.82) is 0 Å². The number of hydrogen-bond acceptors (Lipinski definition) is 3. The summed E-state index contributed by atoms with van der Waals surface area (Å²) in [4.78, 5) is 13.2. The number of ether oxygens (including phenoxy) is 1. The van der Waals surface area contributed by atoms with Gasteiger partial charge >= 0.3 is 0 Å². The maximum atomic E-state index is 12.6. The normalized spacial score (nSPS) is 16.5. The van der Waals surface area contributed by atoms with Gasteiger partial charge in [0.05, 0.1) is 12.1 Å². The molecule has 118 valence electrons. The van der Waals surface area contributed by atoms with Crippen LogP contribution in [-0.4, -0.2) is 19.1 Å². The molecule has 1 aliphatic rings. The average molecular weight is 338 g/mol. The number of carbonyl (C=O) groups is 1. The van der Waals surface area contributed by atoms with Gasteiger partial charge in [0, 0.05) is 16.1 Å². The van der Waals surface area contributed by atoms with Gasteiger partial charge in [-0.05, 0) is 31.0 Å². The lowest BCUT2D eigenvalue weighted by Crippen LogP contribution is -2.34. The second-order valence-electron chi connectivity index (χ2n) is 5.77. The van der Waals surface area contributed by atoms with Crippen molar-refractivity contribution in [2.45, 2.75) is 44.6 Å². The molecule has 0 atom stereocenters. The molecule has 2 aromatic rings. The van der Waals surface area contributed by atoms with Crippen molar-refractivity contribution in [3.05, 3.63) is 28.1 Å². The van der Waals surface area contributed by atoms with Crippen LogP contribution in [-0.2, 0) is 0 Å². The molecule has 0 saturated heterocycles. The first kappa shape index (κ1) is 15.6. The van der Waals surface area contributed by atoms with Crippen LogP contribution < -0.4 is 10.1 Å². The number of thiophene rings is 1. The Labute approximate surface area is 139 Å². The third-order valence-corrected chi connectivity index (χ3v) is 5.91. The summed E-state index contributed by atoms with van der Waals surface area (Å²) in [5.41, 5.74) is 0. The van der Waals surface area contributed by atoms with Gasteiger partial charge in [-0.15, -0.1) is 11.3 Å². The van der Waals surface area contributed by atoms with E-state index in [1.807, 2.05) is 18.2 Å². The molecular weight excluding hydrogens is 318 g/mol. The molecule has 1 fully saturated rings. The summed E-state index contributed by atoms with van der Waals surface area (Å²) in [5.74, 6) is 0.708. The summed E-state index contributed by atoms with van der Waals surface area (Å²) >= 11 is 7.87. The Balaban J connectivity index is 1.82. The number of halogens is 1. The van der Waals surface area contributed by atoms with Gasteiger partial charge in [-0.3, -0.25) is 4.79 Å². The molecule has 22 heavy (non-hydrogen) atoms. The van der Waals surface area contributed by atoms with E-state index in [0.29, 0.717) is 9.90 Å². The summed E-state index contributed by atoms with van der Waals surface area (Å²) in [6.07, 6.45) is 7.08. The first-order valence-electron chi connectivity index (χ1n) is 7.76. The van der Waals surface area contributed by atoms with Crippen molar-refractivity contribution in [2.24, 2.45) is 0 Å². The fourth-order valence-electron chi connectivity index (χ4n) is 2.99. The van der Waals surface area contributed by atoms with Crippen LogP contribution in [0.25, 0.3) is 10.1 Å². The highest BCUT2D eigenvalue weighted by atomic mass is 35.5. The summed E-state index contributed by atoms with van der Waals surface area (Å²) < 4.78 is 6.24. The summed E-state index contributed by atoms with van der Waals surface area (Å²) in [5, 5.41) is 4.58. The minimum absolute atomic E-state index is 0.0444. The number of amides is 1. The van der Waals surface area contributed by atoms with E-state index < -0.39 is 0 Å². The Kier molecular flexibility index (Phi) is 4.89. The van der Waals surface area contributed by atoms with Crippen LogP contribution in [0.2, 0.25) is 5.02 Å². The molecule has 1 saturated carbocycles. The molecule has 0 unspecified atom stereocenters. The lowest BCUT2D eigenvalue weighted by atomic mass is 10.1. The Bertz CT molecular complexity index is 675. The molecule has 3 nitrogen and oxygen atoms in total. The molecule has 1 amide bonds. The van der Waals surface area contributed by atoms with E-state index in [-0.39, 0.29) is 11.9 Å². The van der Waals surface area contributed by atoms with Gasteiger partial charge < -0.3 is 10.1 Å². The molecule has 1 aliphatic carbocycles. The minimum atomic E-state index is -0.0444. The van der Waals surface area contributed by atoms with Crippen molar-refractivity contribution in [1.82, 2.24) is 5.32 Å². The first-order valence-corrected chi connectivity index (χ1v) is 8.95. The highest BCUT2D eigenvalue weighted by Gasteiger charge is 2.21. The molecule has 1 aromatic heterocycles. The first-order chi connectivity index (χ1) is 10.7. The lowest BCUT2D eigenvalue weighted by molar-refractivity contribution is 0.0937. The molecular formula is C17H20ClNO2S. The van der Waals surface area contributed by atoms with Gasteiger partial charge in [-0.2, -0.15) is 0 Å². The maximum Gasteiger partial charge on any atom is 0.263 e. The second-order valence-corrected chi connectivity index (χ2v) is 7.20. The van der Waals surface area contributed by atoms with Crippen LogP contribution in [0.5, 0.6) is 5.75 Å². The van der Waals surface area contributed by atoms with Crippen molar-refractivity contribution in [3.8, 4) is 5.75 Å². The highest BCUT2D eigenvalue weighted by molar-refractivity contribution is 7.21. The van der Waals surface area contributed by atoms with Gasteiger partial charge in [0.2, 0.25) is 0 Å². The van der Waals surface area contributed by atoms with Crippen molar-refractivity contribution in [3.63, 3.8) is 0 Å². The van der Waals surface area contributed by atoms with E-state index in [1.165, 1.54) is 37.0 Å². The zero-order valence-corrected chi connectivity index (χ0v) is 14.2. The highest BCUT2D eigenvalue weighted by Crippen LogP contribution is 2.37. The van der Waals surface area contributed by atoms with Crippen LogP contribution in [0, 0.1) is 0 Å². The number of carbonyl (C=O) groups excluding carboxylic acids is 1. The summed E-state index contributed by atoms with van der Waals surface area (Å²) in [6, 6.07) is 6.01. The fourth-order valence-corrected chi connectivity index (χ4v) is 4.39. The van der Waals surface area contributed by atoms with E-state index in [2.05, 4.69) is 5.32 Å². The number of nitrogens with one attached hydrogen (secondary N) is 1. The number of fused-ring (bicyclic) bond motifs is 1. The molecule has 0 radical (unpaired) electrons. The fraction of sp³-hybridized carbons (Fsp3) is 0.471. The minimum Gasteiger partial charge on any atom is -0.497 e. The second kappa shape index (κ2) is 6.88. The molecule has 1 N–H and O–H groups in total. The predicted octanol–water partition coefficient (Wildman–Crippen LogP) is 5.02. The van der Waals surface area contributed by atoms with Crippen LogP contribution in [0.4, 0.5) is 0 Å². The summed E-state index contributed by atoms with van der Waals surface area (Å²) in [7, 11) is 1.63. The molecule has 5 heteroatoms. The monoisotopic (exact) mass is 337 g/mol. The van der Waals surface area contributed by atoms with E-state index in [1.54, 1.807) is 7.11 Å². The Morgan fingerprint density at radius 2 is 2.00 bits per heavy atom. The number of methoxy groups -OCH3 is 1. The third-order valence-electron chi connectivity index (χ3n) is 4.23. The lowest BCUT2D eigenvalue weighted by Gasteiger charge is -2.15. The quantitative estimate of drug-likeness (QED) is 0.799. The van der Waals surface area contributed by atoms with Crippen molar-refractivity contribution < 1.29 is 9.53 Å². The average Bonchev–Trinajstić information content (AvgIpc) is 2.70. The van der Waals surface area contributed by atoms with Gasteiger partial charge in [-0.1, -0.05) is 37.3 Å². The molecule has 0 bridgehead atoms. The van der Waals surface area contributed by atoms with Gasteiger partial charge in [0.1, 0.15) is 10.6 Å². The SMILES string of the molecule is COc1ccc2sc(C(=O)NC3CCCCCC3)c(Cl)c2c1. The Morgan fingerprint density at radius 3 is 2.68 bits per heavy atom. The van der Waals surface area contributed by atoms with E-state index in [4.69, 9.17) is 16.3 Å². The Hall–Kier alpha value is -1.26. The molecule has 3 rings (SSSR count). The third kappa shape index (κ3) is 3.23. The molecule has 0 spiro atoms. The van der Waals surface area contributed by atoms with E-state index >= 15 is 0 Å². The number of hydrogen-bond donors (Lipinski definition) is 1. The van der Waals surface area contributed by atoms with Gasteiger partial charge in [-0.25, -0.2) is 0 Å². The van der Waals surface area contributed by atoms with E-state index in [9.17, 15) is 4.79 Å². The van der Waals surface area contributed by atoms with Crippen LogP contribution >= 0.6 is 22.9 Å². The zero-order valence-electron chi connectivity index (χ0n) is 12.7. The van der Waals surface area contributed by atoms with Crippen LogP contribution in [0.1, 0.15) is 48.2 Å². The van der Waals surface area contributed by atoms with Crippen molar-refractivity contribution >= 4 is 38.9 Å². The standard InChI is InChI=1S/C17H20ClNO2S/c1-21-12-8-9-14-13(10-12)15(18)16(22-14)17(20)19-11-6-4-2-3-5-7-11/h8-11H,2-7H2,1H3,(H,19,20). The largest absolute Gasteiger partial charge is 0.497 e. The topological polar surface area (TPSA) is 38.3 Å². The molecule has 1 aromatic carbocycles. The predicted molar refractivity (Wildman–Crippen MR) is 92.3 cm³/mol.